The summed E-state index contributed by atoms with van der Waals surface area (Å²) in [6, 6.07) is 12.7. The van der Waals surface area contributed by atoms with Gasteiger partial charge in [0.15, 0.2) is 9.04 Å². The Hall–Kier alpha value is -0.120. The van der Waals surface area contributed by atoms with Crippen molar-refractivity contribution in [3.8, 4) is 5.69 Å². The Balaban J connectivity index is 0. The van der Waals surface area contributed by atoms with Gasteiger partial charge >= 0.3 is 26.2 Å². The summed E-state index contributed by atoms with van der Waals surface area (Å²) in [5.74, 6) is 0. The standard InChI is InChI=1S/C14H13N.C2H8OSi.2ClH.Zr/c1-11-9-12-7-8-15(14(12)10-11)13-5-3-2-4-6-13;1-4(2)3;;;/h2-8,10H,9H2,1H3;3-4H,1-2H3;2*1H;/q;;;;+2/p-2. The van der Waals surface area contributed by atoms with Gasteiger partial charge in [-0.3, -0.25) is 0 Å². The maximum atomic E-state index is 8.19. The Kier molecular flexibility index (Phi) is 12.5. The van der Waals surface area contributed by atoms with E-state index in [1.54, 1.807) is 0 Å². The summed E-state index contributed by atoms with van der Waals surface area (Å²) in [6.45, 7) is 5.91. The van der Waals surface area contributed by atoms with Crippen LogP contribution in [0, 0.1) is 0 Å². The van der Waals surface area contributed by atoms with Crippen LogP contribution in [0.25, 0.3) is 11.8 Å². The summed E-state index contributed by atoms with van der Waals surface area (Å²) in [5, 5.41) is 0. The molecular formula is C16H21Cl2NOSiZr. The molecule has 1 aromatic heterocycles. The number of nitrogens with zero attached hydrogens (tertiary/aromatic N) is 1. The first kappa shape index (κ1) is 24.1. The molecule has 1 aliphatic carbocycles. The molecular weight excluding hydrogens is 412 g/mol. The minimum atomic E-state index is -1.14. The van der Waals surface area contributed by atoms with Crippen molar-refractivity contribution >= 4 is 15.1 Å². The average Bonchev–Trinajstić information content (AvgIpc) is 2.88. The van der Waals surface area contributed by atoms with Gasteiger partial charge < -0.3 is 34.2 Å². The van der Waals surface area contributed by atoms with Crippen LogP contribution in [0.4, 0.5) is 0 Å². The number of halogens is 2. The Morgan fingerprint density at radius 3 is 2.14 bits per heavy atom. The third-order valence-electron chi connectivity index (χ3n) is 2.90. The molecule has 118 valence electrons. The van der Waals surface area contributed by atoms with E-state index in [4.69, 9.17) is 4.80 Å². The monoisotopic (exact) mass is 431 g/mol. The van der Waals surface area contributed by atoms with Gasteiger partial charge in [0.05, 0.1) is 0 Å². The molecule has 6 heteroatoms. The molecule has 0 radical (unpaired) electrons. The average molecular weight is 434 g/mol. The third kappa shape index (κ3) is 6.55. The van der Waals surface area contributed by atoms with E-state index in [0.717, 1.165) is 6.42 Å². The van der Waals surface area contributed by atoms with Crippen LogP contribution in [-0.2, 0) is 32.6 Å². The molecule has 3 rings (SSSR count). The summed E-state index contributed by atoms with van der Waals surface area (Å²) >= 11 is 0. The molecule has 0 bridgehead atoms. The van der Waals surface area contributed by atoms with Crippen LogP contribution >= 0.6 is 0 Å². The van der Waals surface area contributed by atoms with E-state index in [9.17, 15) is 0 Å². The molecule has 1 heterocycles. The molecule has 0 saturated carbocycles. The largest absolute Gasteiger partial charge is 2.00 e. The van der Waals surface area contributed by atoms with Gasteiger partial charge in [0.1, 0.15) is 0 Å². The van der Waals surface area contributed by atoms with Gasteiger partial charge in [-0.05, 0) is 56.3 Å². The normalized spacial score (nSPS) is 11.0. The van der Waals surface area contributed by atoms with Gasteiger partial charge in [0.2, 0.25) is 0 Å². The Morgan fingerprint density at radius 2 is 1.59 bits per heavy atom. The second-order valence-corrected chi connectivity index (χ2v) is 7.38. The first-order valence-corrected chi connectivity index (χ1v) is 9.51. The maximum Gasteiger partial charge on any atom is 2.00 e. The molecule has 0 aliphatic heterocycles. The van der Waals surface area contributed by atoms with Crippen LogP contribution in [0.15, 0.2) is 48.2 Å². The molecule has 2 nitrogen and oxygen atoms in total. The fraction of sp³-hybridized carbons (Fsp3) is 0.250. The molecule has 0 atom stereocenters. The van der Waals surface area contributed by atoms with Crippen LogP contribution in [-0.4, -0.2) is 18.4 Å². The predicted molar refractivity (Wildman–Crippen MR) is 84.2 cm³/mol. The van der Waals surface area contributed by atoms with Gasteiger partial charge in [-0.25, -0.2) is 0 Å². The second kappa shape index (κ2) is 11.4. The summed E-state index contributed by atoms with van der Waals surface area (Å²) in [4.78, 5) is 8.19. The Labute approximate surface area is 166 Å². The van der Waals surface area contributed by atoms with E-state index in [-0.39, 0.29) is 51.0 Å². The van der Waals surface area contributed by atoms with E-state index in [1.165, 1.54) is 22.5 Å². The molecule has 1 N–H and O–H groups in total. The van der Waals surface area contributed by atoms with Crippen molar-refractivity contribution in [3.05, 3.63) is 59.4 Å². The van der Waals surface area contributed by atoms with E-state index < -0.39 is 9.04 Å². The molecule has 0 amide bonds. The number of fused-ring (bicyclic) bond motifs is 1. The van der Waals surface area contributed by atoms with Crippen molar-refractivity contribution in [1.82, 2.24) is 4.57 Å². The number of hydrogen-bond donors (Lipinski definition) is 1. The first-order valence-electron chi connectivity index (χ1n) is 6.69. The molecule has 0 fully saturated rings. The van der Waals surface area contributed by atoms with Crippen molar-refractivity contribution in [3.63, 3.8) is 0 Å². The smallest absolute Gasteiger partial charge is 1.00 e. The zero-order valence-electron chi connectivity index (χ0n) is 13.1. The van der Waals surface area contributed by atoms with Crippen molar-refractivity contribution in [2.75, 3.05) is 0 Å². The van der Waals surface area contributed by atoms with Crippen molar-refractivity contribution < 1.29 is 55.8 Å². The fourth-order valence-electron chi connectivity index (χ4n) is 2.20. The van der Waals surface area contributed by atoms with Crippen molar-refractivity contribution in [1.29, 1.82) is 0 Å². The number of benzene rings is 1. The summed E-state index contributed by atoms with van der Waals surface area (Å²) < 4.78 is 2.26. The van der Waals surface area contributed by atoms with Crippen LogP contribution in [0.2, 0.25) is 13.1 Å². The SMILES string of the molecule is CC1=Cc2c(ccn2-c2ccccc2)C1.C[SiH](C)O.[Cl-].[Cl-].[Zr+2]. The number of allylic oxidation sites excluding steroid dienone is 1. The molecule has 2 aromatic rings. The molecule has 22 heavy (non-hydrogen) atoms. The van der Waals surface area contributed by atoms with Gasteiger partial charge in [0.25, 0.3) is 0 Å². The van der Waals surface area contributed by atoms with Crippen LogP contribution < -0.4 is 24.8 Å². The van der Waals surface area contributed by atoms with Crippen molar-refractivity contribution in [2.24, 2.45) is 0 Å². The molecule has 0 spiro atoms. The quantitative estimate of drug-likeness (QED) is 0.491. The number of aromatic nitrogens is 1. The van der Waals surface area contributed by atoms with Crippen LogP contribution in [0.5, 0.6) is 0 Å². The topological polar surface area (TPSA) is 25.2 Å². The number of hydrogen-bond acceptors (Lipinski definition) is 1. The van der Waals surface area contributed by atoms with E-state index in [0.29, 0.717) is 0 Å². The molecule has 0 unspecified atom stereocenters. The van der Waals surface area contributed by atoms with E-state index >= 15 is 0 Å². The minimum absolute atomic E-state index is 0. The fourth-order valence-corrected chi connectivity index (χ4v) is 2.20. The maximum absolute atomic E-state index is 8.19. The molecule has 0 saturated heterocycles. The molecule has 1 aromatic carbocycles. The summed E-state index contributed by atoms with van der Waals surface area (Å²) in [5.41, 5.74) is 5.48. The van der Waals surface area contributed by atoms with Gasteiger partial charge in [-0.15, -0.1) is 0 Å². The van der Waals surface area contributed by atoms with Gasteiger partial charge in [0, 0.05) is 17.6 Å². The van der Waals surface area contributed by atoms with Gasteiger partial charge in [-0.1, -0.05) is 23.8 Å². The van der Waals surface area contributed by atoms with Crippen molar-refractivity contribution in [2.45, 2.75) is 26.4 Å². The van der Waals surface area contributed by atoms with Crippen LogP contribution in [0.3, 0.4) is 0 Å². The second-order valence-electron chi connectivity index (χ2n) is 5.19. The summed E-state index contributed by atoms with van der Waals surface area (Å²) in [7, 11) is -1.14. The number of rotatable bonds is 1. The van der Waals surface area contributed by atoms with E-state index in [1.807, 2.05) is 19.2 Å². The minimum Gasteiger partial charge on any atom is -1.00 e. The third-order valence-corrected chi connectivity index (χ3v) is 2.90. The zero-order valence-corrected chi connectivity index (χ0v) is 18.2. The van der Waals surface area contributed by atoms with E-state index in [2.05, 4.69) is 54.1 Å². The number of para-hydroxylation sites is 1. The predicted octanol–water partition coefficient (Wildman–Crippen LogP) is -2.60. The zero-order chi connectivity index (χ0) is 13.8. The van der Waals surface area contributed by atoms with Crippen LogP contribution in [0.1, 0.15) is 18.2 Å². The Bertz CT molecular complexity index is 582. The van der Waals surface area contributed by atoms with Gasteiger partial charge in [-0.2, -0.15) is 0 Å². The first-order chi connectivity index (χ1) is 9.08. The summed E-state index contributed by atoms with van der Waals surface area (Å²) in [6.07, 6.45) is 5.54. The Morgan fingerprint density at radius 1 is 1.05 bits per heavy atom. The molecule has 1 aliphatic rings.